The van der Waals surface area contributed by atoms with Gasteiger partial charge >= 0.3 is 5.97 Å². The van der Waals surface area contributed by atoms with Gasteiger partial charge in [0.05, 0.1) is 0 Å². The molecule has 92 valence electrons. The molecule has 0 radical (unpaired) electrons. The Morgan fingerprint density at radius 1 is 1.44 bits per heavy atom. The van der Waals surface area contributed by atoms with Crippen LogP contribution >= 0.6 is 0 Å². The fraction of sp³-hybridized carbons (Fsp3) is 0.154. The van der Waals surface area contributed by atoms with Crippen molar-refractivity contribution in [3.63, 3.8) is 0 Å². The molecule has 0 bridgehead atoms. The molecule has 2 rings (SSSR count). The Morgan fingerprint density at radius 3 is 2.94 bits per heavy atom. The fourth-order valence-electron chi connectivity index (χ4n) is 1.85. The first-order valence-corrected chi connectivity index (χ1v) is 5.70. The van der Waals surface area contributed by atoms with Crippen LogP contribution in [0.5, 0.6) is 0 Å². The molecule has 0 fully saturated rings. The molecular formula is C13H14BNO3. The van der Waals surface area contributed by atoms with Gasteiger partial charge in [-0.05, 0) is 12.1 Å². The Kier molecular flexibility index (Phi) is 3.72. The van der Waals surface area contributed by atoms with Crippen LogP contribution in [0.15, 0.2) is 42.2 Å². The van der Waals surface area contributed by atoms with Crippen LogP contribution in [-0.4, -0.2) is 31.5 Å². The molecule has 1 aliphatic rings. The highest BCUT2D eigenvalue weighted by atomic mass is 16.5. The van der Waals surface area contributed by atoms with Gasteiger partial charge in [0.1, 0.15) is 13.2 Å². The summed E-state index contributed by atoms with van der Waals surface area (Å²) in [5.41, 5.74) is 3.68. The molecule has 1 aromatic rings. The zero-order chi connectivity index (χ0) is 13.0. The van der Waals surface area contributed by atoms with Gasteiger partial charge in [0.15, 0.2) is 13.2 Å². The molecule has 0 unspecified atom stereocenters. The molecule has 0 aromatic heterocycles. The fourth-order valence-corrected chi connectivity index (χ4v) is 1.85. The molecule has 0 spiro atoms. The summed E-state index contributed by atoms with van der Waals surface area (Å²) >= 11 is 0. The quantitative estimate of drug-likeness (QED) is 0.556. The van der Waals surface area contributed by atoms with Crippen LogP contribution in [0, 0.1) is 0 Å². The van der Waals surface area contributed by atoms with E-state index in [1.54, 1.807) is 0 Å². The highest BCUT2D eigenvalue weighted by Gasteiger charge is 2.13. The molecule has 0 atom stereocenters. The van der Waals surface area contributed by atoms with Crippen molar-refractivity contribution in [2.24, 2.45) is 0 Å². The Hall–Kier alpha value is -2.17. The number of rotatable bonds is 6. The highest BCUT2D eigenvalue weighted by molar-refractivity contribution is 6.65. The Bertz CT molecular complexity index is 511. The van der Waals surface area contributed by atoms with Crippen molar-refractivity contribution in [1.82, 2.24) is 5.32 Å². The zero-order valence-electron chi connectivity index (χ0n) is 9.98. The molecule has 0 saturated carbocycles. The SMILES string of the molecule is C=C(NCC(=O)O)OCC1=Cc2ccccc2B1. The summed E-state index contributed by atoms with van der Waals surface area (Å²) in [6, 6.07) is 8.19. The summed E-state index contributed by atoms with van der Waals surface area (Å²) in [6.45, 7) is 3.86. The third kappa shape index (κ3) is 3.16. The van der Waals surface area contributed by atoms with Crippen LogP contribution in [0.1, 0.15) is 5.56 Å². The van der Waals surface area contributed by atoms with Gasteiger partial charge in [0.25, 0.3) is 0 Å². The molecule has 0 aliphatic carbocycles. The van der Waals surface area contributed by atoms with Crippen LogP contribution < -0.4 is 10.8 Å². The zero-order valence-corrected chi connectivity index (χ0v) is 9.98. The number of hydrogen-bond acceptors (Lipinski definition) is 3. The van der Waals surface area contributed by atoms with Gasteiger partial charge < -0.3 is 15.2 Å². The maximum absolute atomic E-state index is 10.3. The molecule has 4 nitrogen and oxygen atoms in total. The summed E-state index contributed by atoms with van der Waals surface area (Å²) in [5.74, 6) is -0.651. The van der Waals surface area contributed by atoms with Crippen LogP contribution in [0.4, 0.5) is 0 Å². The predicted molar refractivity (Wildman–Crippen MR) is 71.9 cm³/mol. The lowest BCUT2D eigenvalue weighted by molar-refractivity contribution is -0.136. The molecular weight excluding hydrogens is 229 g/mol. The van der Waals surface area contributed by atoms with E-state index in [1.807, 2.05) is 12.1 Å². The number of carboxylic acids is 1. The number of ether oxygens (including phenoxy) is 1. The van der Waals surface area contributed by atoms with Crippen molar-refractivity contribution in [2.45, 2.75) is 0 Å². The number of fused-ring (bicyclic) bond motifs is 1. The maximum Gasteiger partial charge on any atom is 0.322 e. The van der Waals surface area contributed by atoms with Crippen molar-refractivity contribution < 1.29 is 14.6 Å². The lowest BCUT2D eigenvalue weighted by Crippen LogP contribution is -2.24. The van der Waals surface area contributed by atoms with Crippen LogP contribution in [0.3, 0.4) is 0 Å². The van der Waals surface area contributed by atoms with Gasteiger partial charge in [-0.3, -0.25) is 4.79 Å². The normalized spacial score (nSPS) is 12.1. The van der Waals surface area contributed by atoms with Gasteiger partial charge in [-0.1, -0.05) is 41.3 Å². The van der Waals surface area contributed by atoms with Crippen molar-refractivity contribution in [1.29, 1.82) is 0 Å². The first-order valence-electron chi connectivity index (χ1n) is 5.70. The van der Waals surface area contributed by atoms with E-state index in [2.05, 4.69) is 30.1 Å². The van der Waals surface area contributed by atoms with E-state index >= 15 is 0 Å². The smallest absolute Gasteiger partial charge is 0.322 e. The standard InChI is InChI=1S/C13H14BNO3/c1-9(15-7-13(16)17)18-8-11-6-10-4-2-3-5-12(10)14-11/h2-6,14-15H,1,7-8H2,(H,16,17). The summed E-state index contributed by atoms with van der Waals surface area (Å²) in [6.07, 6.45) is 2.10. The van der Waals surface area contributed by atoms with Gasteiger partial charge in [-0.25, -0.2) is 0 Å². The number of carbonyl (C=O) groups is 1. The highest BCUT2D eigenvalue weighted by Crippen LogP contribution is 2.12. The number of carboxylic acid groups (broad SMARTS) is 1. The van der Waals surface area contributed by atoms with Crippen LogP contribution in [-0.2, 0) is 9.53 Å². The average Bonchev–Trinajstić information content (AvgIpc) is 2.76. The van der Waals surface area contributed by atoms with Gasteiger partial charge in [0, 0.05) is 0 Å². The molecule has 0 saturated heterocycles. The molecule has 18 heavy (non-hydrogen) atoms. The third-order valence-corrected chi connectivity index (χ3v) is 2.70. The topological polar surface area (TPSA) is 58.6 Å². The summed E-state index contributed by atoms with van der Waals surface area (Å²) in [7, 11) is 0.877. The second kappa shape index (κ2) is 5.45. The van der Waals surface area contributed by atoms with E-state index in [-0.39, 0.29) is 12.4 Å². The summed E-state index contributed by atoms with van der Waals surface area (Å²) < 4.78 is 5.37. The van der Waals surface area contributed by atoms with E-state index in [1.165, 1.54) is 11.0 Å². The lowest BCUT2D eigenvalue weighted by atomic mass is 9.67. The minimum Gasteiger partial charge on any atom is -0.480 e. The Balaban J connectivity index is 1.80. The van der Waals surface area contributed by atoms with E-state index in [0.29, 0.717) is 6.61 Å². The Labute approximate surface area is 106 Å². The summed E-state index contributed by atoms with van der Waals surface area (Å²) in [5, 5.41) is 11.1. The number of aliphatic carboxylic acids is 1. The van der Waals surface area contributed by atoms with Gasteiger partial charge in [-0.2, -0.15) is 0 Å². The molecule has 0 amide bonds. The van der Waals surface area contributed by atoms with Crippen molar-refractivity contribution in [3.05, 3.63) is 47.8 Å². The molecule has 1 aliphatic heterocycles. The molecule has 1 heterocycles. The monoisotopic (exact) mass is 243 g/mol. The number of benzene rings is 1. The number of nitrogens with one attached hydrogen (secondary N) is 1. The predicted octanol–water partition coefficient (Wildman–Crippen LogP) is 0.265. The first-order chi connectivity index (χ1) is 8.65. The van der Waals surface area contributed by atoms with E-state index in [4.69, 9.17) is 9.84 Å². The van der Waals surface area contributed by atoms with E-state index < -0.39 is 5.97 Å². The maximum atomic E-state index is 10.3. The molecule has 1 aromatic carbocycles. The minimum absolute atomic E-state index is 0.182. The van der Waals surface area contributed by atoms with Crippen molar-refractivity contribution >= 4 is 24.8 Å². The second-order valence-electron chi connectivity index (χ2n) is 4.14. The Morgan fingerprint density at radius 2 is 2.22 bits per heavy atom. The van der Waals surface area contributed by atoms with Gasteiger partial charge in [0.2, 0.25) is 0 Å². The molecule has 5 heteroatoms. The van der Waals surface area contributed by atoms with Crippen molar-refractivity contribution in [3.8, 4) is 0 Å². The van der Waals surface area contributed by atoms with Crippen LogP contribution in [0.2, 0.25) is 0 Å². The minimum atomic E-state index is -0.938. The summed E-state index contributed by atoms with van der Waals surface area (Å²) in [4.78, 5) is 10.3. The second-order valence-corrected chi connectivity index (χ2v) is 4.14. The lowest BCUT2D eigenvalue weighted by Gasteiger charge is -2.10. The van der Waals surface area contributed by atoms with Gasteiger partial charge in [-0.15, -0.1) is 0 Å². The van der Waals surface area contributed by atoms with E-state index in [9.17, 15) is 4.79 Å². The first kappa shape index (κ1) is 12.3. The van der Waals surface area contributed by atoms with Crippen LogP contribution in [0.25, 0.3) is 6.08 Å². The number of hydrogen-bond donors (Lipinski definition) is 2. The van der Waals surface area contributed by atoms with Crippen molar-refractivity contribution in [2.75, 3.05) is 13.2 Å². The third-order valence-electron chi connectivity index (χ3n) is 2.70. The average molecular weight is 243 g/mol. The molecule has 2 N–H and O–H groups in total. The largest absolute Gasteiger partial charge is 0.480 e. The van der Waals surface area contributed by atoms with E-state index in [0.717, 1.165) is 12.8 Å².